The average Bonchev–Trinajstić information content (AvgIpc) is 3.79. The summed E-state index contributed by atoms with van der Waals surface area (Å²) in [5.41, 5.74) is 0.104. The first kappa shape index (κ1) is 35.7. The molecule has 0 aliphatic heterocycles. The summed E-state index contributed by atoms with van der Waals surface area (Å²) in [5.74, 6) is -13.0. The van der Waals surface area contributed by atoms with Crippen molar-refractivity contribution in [1.29, 1.82) is 0 Å². The number of carbonyl (C=O) groups excluding carboxylic acids is 2. The average molecular weight is 726 g/mol. The number of nitrogens with zero attached hydrogens (tertiary/aromatic N) is 4. The van der Waals surface area contributed by atoms with Crippen LogP contribution < -0.4 is 16.4 Å². The molecule has 270 valence electrons. The number of hydrogen-bond acceptors (Lipinski definition) is 6. The minimum Gasteiger partial charge on any atom is -0.366 e. The van der Waals surface area contributed by atoms with Gasteiger partial charge in [-0.2, -0.15) is 13.9 Å². The monoisotopic (exact) mass is 725 g/mol. The molecule has 2 aromatic heterocycles. The van der Waals surface area contributed by atoms with Crippen molar-refractivity contribution in [3.63, 3.8) is 0 Å². The summed E-state index contributed by atoms with van der Waals surface area (Å²) in [4.78, 5) is 34.3. The van der Waals surface area contributed by atoms with E-state index in [2.05, 4.69) is 25.7 Å². The summed E-state index contributed by atoms with van der Waals surface area (Å²) in [7, 11) is 0. The lowest BCUT2D eigenvalue weighted by Gasteiger charge is -2.29. The molecule has 0 bridgehead atoms. The molecule has 18 heteroatoms. The Bertz CT molecular complexity index is 1980. The van der Waals surface area contributed by atoms with Gasteiger partial charge >= 0.3 is 0 Å². The molecule has 0 spiro atoms. The van der Waals surface area contributed by atoms with Crippen molar-refractivity contribution in [3.8, 4) is 11.1 Å². The van der Waals surface area contributed by atoms with Crippen LogP contribution in [0.25, 0.3) is 11.1 Å². The van der Waals surface area contributed by atoms with Crippen LogP contribution in [0.2, 0.25) is 0 Å². The predicted octanol–water partition coefficient (Wildman–Crippen LogP) is 6.69. The van der Waals surface area contributed by atoms with Crippen LogP contribution in [0.4, 0.5) is 45.5 Å². The summed E-state index contributed by atoms with van der Waals surface area (Å²) in [6.07, 6.45) is -3.77. The maximum atomic E-state index is 15.0. The van der Waals surface area contributed by atoms with E-state index >= 15 is 8.78 Å². The first-order valence-corrected chi connectivity index (χ1v) is 15.6. The molecule has 2 aliphatic rings. The Morgan fingerprint density at radius 3 is 2.29 bits per heavy atom. The lowest BCUT2D eigenvalue weighted by molar-refractivity contribution is -0.123. The molecule has 2 aromatic carbocycles. The summed E-state index contributed by atoms with van der Waals surface area (Å²) >= 11 is 0. The van der Waals surface area contributed by atoms with Gasteiger partial charge in [0.2, 0.25) is 11.9 Å². The van der Waals surface area contributed by atoms with E-state index in [1.807, 2.05) is 0 Å². The van der Waals surface area contributed by atoms with E-state index in [4.69, 9.17) is 5.73 Å². The van der Waals surface area contributed by atoms with Crippen LogP contribution in [0.1, 0.15) is 76.7 Å². The van der Waals surface area contributed by atoms with Crippen LogP contribution in [0.5, 0.6) is 0 Å². The van der Waals surface area contributed by atoms with Gasteiger partial charge in [0, 0.05) is 37.2 Å². The van der Waals surface area contributed by atoms with Crippen molar-refractivity contribution in [2.45, 2.75) is 63.0 Å². The molecular weight excluding hydrogens is 697 g/mol. The molecule has 2 amide bonds. The Morgan fingerprint density at radius 2 is 1.65 bits per heavy atom. The number of amides is 2. The smallest absolute Gasteiger partial charge is 0.290 e. The van der Waals surface area contributed by atoms with Crippen LogP contribution in [-0.2, 0) is 29.6 Å². The zero-order valence-corrected chi connectivity index (χ0v) is 26.3. The number of anilines is 1. The second-order valence-corrected chi connectivity index (χ2v) is 12.5. The van der Waals surface area contributed by atoms with Gasteiger partial charge in [0.15, 0.2) is 0 Å². The van der Waals surface area contributed by atoms with E-state index in [0.29, 0.717) is 18.5 Å². The number of aromatic nitrogens is 4. The summed E-state index contributed by atoms with van der Waals surface area (Å²) < 4.78 is 130. The molecule has 1 fully saturated rings. The van der Waals surface area contributed by atoms with E-state index in [9.17, 15) is 40.3 Å². The lowest BCUT2D eigenvalue weighted by Crippen LogP contribution is -2.37. The number of benzene rings is 2. The minimum atomic E-state index is -4.08. The number of halogens is 9. The van der Waals surface area contributed by atoms with Gasteiger partial charge in [-0.15, -0.1) is 0 Å². The number of primary amides is 1. The number of nitrogens with one attached hydrogen (secondary N) is 2. The molecule has 0 saturated heterocycles. The van der Waals surface area contributed by atoms with E-state index in [0.717, 1.165) is 37.1 Å². The molecule has 51 heavy (non-hydrogen) atoms. The molecular formula is C33H28F9N7O2. The zero-order valence-electron chi connectivity index (χ0n) is 26.3. The second kappa shape index (κ2) is 13.5. The zero-order chi connectivity index (χ0) is 36.8. The molecule has 4 N–H and O–H groups in total. The molecule has 0 radical (unpaired) electrons. The second-order valence-electron chi connectivity index (χ2n) is 12.5. The van der Waals surface area contributed by atoms with Gasteiger partial charge in [-0.3, -0.25) is 14.3 Å². The number of nitrogens with two attached hydrogens (primary N) is 1. The standard InChI is InChI=1S/C33H28F9N7O2/c34-18-7-16(8-19(35)11-18)9-23(46-24(50)14-49-28-25(27(48-49)29(37)38)32(39,40)5-6-33(28,41)42)26-21(13-45-31(47-26)44-12-15-1-2-15)17-3-4-22(36)20(10-17)30(43)51/h3-4,7-8,10-11,13,15,23,29H,1-2,5-6,9,12,14H2,(H2,43,51)(H,46,50)(H,44,45,47)/t23-/m0/s1. The van der Waals surface area contributed by atoms with Crippen LogP contribution in [0, 0.1) is 23.4 Å². The van der Waals surface area contributed by atoms with Crippen LogP contribution in [-0.4, -0.2) is 38.1 Å². The van der Waals surface area contributed by atoms with Crippen LogP contribution >= 0.6 is 0 Å². The highest BCUT2D eigenvalue weighted by atomic mass is 19.3. The molecule has 9 nitrogen and oxygen atoms in total. The fourth-order valence-corrected chi connectivity index (χ4v) is 6.00. The first-order chi connectivity index (χ1) is 24.0. The topological polar surface area (TPSA) is 128 Å². The van der Waals surface area contributed by atoms with E-state index in [-0.39, 0.29) is 33.0 Å². The van der Waals surface area contributed by atoms with Crippen molar-refractivity contribution >= 4 is 17.8 Å². The van der Waals surface area contributed by atoms with Crippen molar-refractivity contribution in [2.75, 3.05) is 11.9 Å². The highest BCUT2D eigenvalue weighted by molar-refractivity contribution is 5.94. The largest absolute Gasteiger partial charge is 0.366 e. The number of rotatable bonds is 12. The molecule has 2 aliphatic carbocycles. The maximum Gasteiger partial charge on any atom is 0.290 e. The maximum absolute atomic E-state index is 15.0. The van der Waals surface area contributed by atoms with Gasteiger partial charge < -0.3 is 16.4 Å². The summed E-state index contributed by atoms with van der Waals surface area (Å²) in [5, 5.41) is 8.81. The van der Waals surface area contributed by atoms with Gasteiger partial charge in [-0.1, -0.05) is 6.07 Å². The van der Waals surface area contributed by atoms with Gasteiger partial charge in [-0.25, -0.2) is 40.7 Å². The Labute approximate surface area is 283 Å². The Morgan fingerprint density at radius 1 is 0.961 bits per heavy atom. The van der Waals surface area contributed by atoms with Crippen LogP contribution in [0.15, 0.2) is 42.6 Å². The molecule has 6 rings (SSSR count). The number of alkyl halides is 6. The fourth-order valence-electron chi connectivity index (χ4n) is 6.00. The van der Waals surface area contributed by atoms with Gasteiger partial charge in [0.05, 0.1) is 22.9 Å². The van der Waals surface area contributed by atoms with Crippen molar-refractivity contribution < 1.29 is 49.1 Å². The third-order valence-electron chi connectivity index (χ3n) is 8.58. The van der Waals surface area contributed by atoms with Crippen molar-refractivity contribution in [3.05, 3.63) is 93.8 Å². The Hall–Kier alpha value is -5.16. The number of carbonyl (C=O) groups is 2. The highest BCUT2D eigenvalue weighted by Crippen LogP contribution is 2.52. The quantitative estimate of drug-likeness (QED) is 0.140. The number of hydrogen-bond donors (Lipinski definition) is 3. The van der Waals surface area contributed by atoms with E-state index < -0.39 is 102 Å². The van der Waals surface area contributed by atoms with Gasteiger partial charge in [-0.05, 0) is 60.6 Å². The Kier molecular flexibility index (Phi) is 9.45. The molecule has 2 heterocycles. The van der Waals surface area contributed by atoms with E-state index in [1.165, 1.54) is 12.3 Å². The van der Waals surface area contributed by atoms with E-state index in [1.54, 1.807) is 0 Å². The van der Waals surface area contributed by atoms with Gasteiger partial charge in [0.1, 0.15) is 35.4 Å². The normalized spacial score (nSPS) is 16.8. The third-order valence-corrected chi connectivity index (χ3v) is 8.58. The lowest BCUT2D eigenvalue weighted by atomic mass is 9.89. The number of fused-ring (bicyclic) bond motifs is 1. The van der Waals surface area contributed by atoms with Crippen molar-refractivity contribution in [1.82, 2.24) is 25.1 Å². The molecule has 1 atom stereocenters. The Balaban J connectivity index is 1.44. The highest BCUT2D eigenvalue weighted by Gasteiger charge is 2.55. The van der Waals surface area contributed by atoms with Crippen LogP contribution in [0.3, 0.4) is 0 Å². The third kappa shape index (κ3) is 7.63. The molecule has 1 saturated carbocycles. The van der Waals surface area contributed by atoms with Gasteiger partial charge in [0.25, 0.3) is 24.2 Å². The SMILES string of the molecule is NC(=O)c1cc(-c2cnc(NCC3CC3)nc2[C@H](Cc2cc(F)cc(F)c2)NC(=O)Cn2nc(C(F)F)c3c2C(F)(F)CCC3(F)F)ccc1F. The fraction of sp³-hybridized carbons (Fsp3) is 0.364. The molecule has 4 aromatic rings. The first-order valence-electron chi connectivity index (χ1n) is 15.6. The minimum absolute atomic E-state index is 0.0330. The summed E-state index contributed by atoms with van der Waals surface area (Å²) in [6, 6.07) is 4.33. The van der Waals surface area contributed by atoms with Crippen molar-refractivity contribution in [2.24, 2.45) is 11.7 Å². The molecule has 0 unspecified atom stereocenters. The summed E-state index contributed by atoms with van der Waals surface area (Å²) in [6.45, 7) is -0.784. The predicted molar refractivity (Wildman–Crippen MR) is 162 cm³/mol.